The highest BCUT2D eigenvalue weighted by Crippen LogP contribution is 2.21. The Labute approximate surface area is 123 Å². The molecule has 3 aromatic heterocycles. The molecule has 3 rings (SSSR count). The van der Waals surface area contributed by atoms with Crippen LogP contribution in [0.25, 0.3) is 16.8 Å². The summed E-state index contributed by atoms with van der Waals surface area (Å²) >= 11 is 0. The molecule has 0 bridgehead atoms. The summed E-state index contributed by atoms with van der Waals surface area (Å²) in [5.41, 5.74) is 7.99. The van der Waals surface area contributed by atoms with Crippen molar-refractivity contribution in [3.8, 4) is 0 Å². The second-order valence-corrected chi connectivity index (χ2v) is 5.78. The monoisotopic (exact) mass is 287 g/mol. The Morgan fingerprint density at radius 2 is 2.10 bits per heavy atom. The van der Waals surface area contributed by atoms with Crippen LogP contribution in [0.3, 0.4) is 0 Å². The normalized spacial score (nSPS) is 13.5. The molecule has 0 saturated carbocycles. The molecule has 0 amide bonds. The van der Waals surface area contributed by atoms with Crippen molar-refractivity contribution >= 4 is 16.8 Å². The van der Waals surface area contributed by atoms with Crippen molar-refractivity contribution in [3.63, 3.8) is 0 Å². The molecule has 7 heteroatoms. The first kappa shape index (κ1) is 13.9. The summed E-state index contributed by atoms with van der Waals surface area (Å²) in [5.74, 6) is 2.19. The van der Waals surface area contributed by atoms with E-state index in [0.717, 1.165) is 42.8 Å². The Bertz CT molecular complexity index is 727. The average molecular weight is 287 g/mol. The lowest BCUT2D eigenvalue weighted by Crippen LogP contribution is -2.15. The molecule has 7 nitrogen and oxygen atoms in total. The third-order valence-corrected chi connectivity index (χ3v) is 4.12. The third-order valence-electron chi connectivity index (χ3n) is 4.12. The molecule has 1 unspecified atom stereocenters. The zero-order chi connectivity index (χ0) is 14.8. The fourth-order valence-electron chi connectivity index (χ4n) is 2.79. The zero-order valence-corrected chi connectivity index (χ0v) is 12.5. The van der Waals surface area contributed by atoms with Crippen LogP contribution in [0.5, 0.6) is 0 Å². The molecule has 3 aromatic rings. The Morgan fingerprint density at radius 1 is 1.24 bits per heavy atom. The molecule has 3 N–H and O–H groups in total. The van der Waals surface area contributed by atoms with Gasteiger partial charge in [-0.05, 0) is 31.2 Å². The molecule has 21 heavy (non-hydrogen) atoms. The van der Waals surface area contributed by atoms with Crippen LogP contribution in [0.4, 0.5) is 0 Å². The maximum Gasteiger partial charge on any atom is 0.189 e. The maximum atomic E-state index is 5.70. The van der Waals surface area contributed by atoms with E-state index >= 15 is 0 Å². The Hall–Kier alpha value is -2.02. The van der Waals surface area contributed by atoms with Crippen LogP contribution in [0.2, 0.25) is 0 Å². The summed E-state index contributed by atoms with van der Waals surface area (Å²) in [6, 6.07) is 0. The van der Waals surface area contributed by atoms with Crippen molar-refractivity contribution < 1.29 is 0 Å². The highest BCUT2D eigenvalue weighted by Gasteiger charge is 2.16. The first-order valence-electron chi connectivity index (χ1n) is 7.42. The van der Waals surface area contributed by atoms with Crippen LogP contribution in [0, 0.1) is 11.8 Å². The molecule has 0 radical (unpaired) electrons. The van der Waals surface area contributed by atoms with Gasteiger partial charge in [-0.1, -0.05) is 13.8 Å². The third kappa shape index (κ3) is 2.61. The number of nitrogens with two attached hydrogens (primary N) is 1. The fourth-order valence-corrected chi connectivity index (χ4v) is 2.79. The molecular formula is C14H21N7. The van der Waals surface area contributed by atoms with Gasteiger partial charge in [0.05, 0.1) is 6.33 Å². The number of H-pyrrole nitrogens is 1. The van der Waals surface area contributed by atoms with Crippen LogP contribution in [-0.4, -0.2) is 36.1 Å². The van der Waals surface area contributed by atoms with E-state index in [0.29, 0.717) is 17.5 Å². The fraction of sp³-hybridized carbons (Fsp3) is 0.571. The zero-order valence-electron chi connectivity index (χ0n) is 12.5. The number of imidazole rings is 1. The number of hydrogen-bond acceptors (Lipinski definition) is 5. The van der Waals surface area contributed by atoms with E-state index in [1.807, 2.05) is 4.40 Å². The number of nitrogens with one attached hydrogen (secondary N) is 1. The van der Waals surface area contributed by atoms with Gasteiger partial charge in [-0.2, -0.15) is 0 Å². The highest BCUT2D eigenvalue weighted by molar-refractivity contribution is 5.84. The summed E-state index contributed by atoms with van der Waals surface area (Å²) in [6.45, 7) is 5.23. The minimum Gasteiger partial charge on any atom is -0.340 e. The average Bonchev–Trinajstić information content (AvgIpc) is 3.08. The molecule has 112 valence electrons. The lowest BCUT2D eigenvalue weighted by molar-refractivity contribution is 0.339. The minimum absolute atomic E-state index is 0.617. The van der Waals surface area contributed by atoms with E-state index in [-0.39, 0.29) is 0 Å². The number of aromatic amines is 1. The van der Waals surface area contributed by atoms with Gasteiger partial charge >= 0.3 is 0 Å². The predicted octanol–water partition coefficient (Wildman–Crippen LogP) is 1.55. The van der Waals surface area contributed by atoms with E-state index in [9.17, 15) is 0 Å². The van der Waals surface area contributed by atoms with Gasteiger partial charge in [0.15, 0.2) is 11.3 Å². The van der Waals surface area contributed by atoms with Gasteiger partial charge in [0.1, 0.15) is 17.7 Å². The second kappa shape index (κ2) is 5.77. The summed E-state index contributed by atoms with van der Waals surface area (Å²) in [7, 11) is 0. The minimum atomic E-state index is 0.617. The summed E-state index contributed by atoms with van der Waals surface area (Å²) in [5, 5.41) is 8.58. The van der Waals surface area contributed by atoms with E-state index in [1.165, 1.54) is 0 Å². The molecule has 0 saturated heterocycles. The topological polar surface area (TPSA) is 97.8 Å². The SMILES string of the molecule is CC(C)C(CCN)CCc1nnc2c3[nH]cnc3ncn12. The van der Waals surface area contributed by atoms with Gasteiger partial charge in [0.25, 0.3) is 0 Å². The van der Waals surface area contributed by atoms with Crippen molar-refractivity contribution in [2.75, 3.05) is 6.54 Å². The Balaban J connectivity index is 1.84. The summed E-state index contributed by atoms with van der Waals surface area (Å²) in [4.78, 5) is 11.5. The maximum absolute atomic E-state index is 5.70. The van der Waals surface area contributed by atoms with Gasteiger partial charge in [0, 0.05) is 6.42 Å². The van der Waals surface area contributed by atoms with Crippen molar-refractivity contribution in [2.45, 2.75) is 33.1 Å². The quantitative estimate of drug-likeness (QED) is 0.717. The van der Waals surface area contributed by atoms with Gasteiger partial charge in [-0.15, -0.1) is 10.2 Å². The van der Waals surface area contributed by atoms with Crippen LogP contribution >= 0.6 is 0 Å². The van der Waals surface area contributed by atoms with E-state index in [1.54, 1.807) is 12.7 Å². The molecular weight excluding hydrogens is 266 g/mol. The number of nitrogens with zero attached hydrogens (tertiary/aromatic N) is 5. The molecule has 0 fully saturated rings. The summed E-state index contributed by atoms with van der Waals surface area (Å²) < 4.78 is 1.94. The molecule has 0 aliphatic rings. The van der Waals surface area contributed by atoms with E-state index < -0.39 is 0 Å². The van der Waals surface area contributed by atoms with Crippen LogP contribution in [-0.2, 0) is 6.42 Å². The van der Waals surface area contributed by atoms with Crippen molar-refractivity contribution in [1.82, 2.24) is 29.5 Å². The number of fused-ring (bicyclic) bond motifs is 3. The number of aryl methyl sites for hydroxylation is 1. The second-order valence-electron chi connectivity index (χ2n) is 5.78. The molecule has 0 aromatic carbocycles. The van der Waals surface area contributed by atoms with E-state index in [2.05, 4.69) is 39.0 Å². The van der Waals surface area contributed by atoms with E-state index in [4.69, 9.17) is 5.73 Å². The first-order chi connectivity index (χ1) is 10.2. The van der Waals surface area contributed by atoms with Crippen LogP contribution < -0.4 is 5.73 Å². The molecule has 0 aliphatic heterocycles. The largest absolute Gasteiger partial charge is 0.340 e. The standard InChI is InChI=1S/C14H21N7/c1-9(2)10(5-6-15)3-4-11-19-20-14-12-13(17-7-16-12)18-8-21(11)14/h7-10H,3-6,15H2,1-2H3,(H,16,17). The summed E-state index contributed by atoms with van der Waals surface area (Å²) in [6.07, 6.45) is 6.38. The predicted molar refractivity (Wildman–Crippen MR) is 80.8 cm³/mol. The highest BCUT2D eigenvalue weighted by atomic mass is 15.3. The lowest BCUT2D eigenvalue weighted by Gasteiger charge is -2.19. The van der Waals surface area contributed by atoms with Crippen LogP contribution in [0.1, 0.15) is 32.5 Å². The molecule has 0 aliphatic carbocycles. The van der Waals surface area contributed by atoms with Gasteiger partial charge in [-0.3, -0.25) is 4.40 Å². The molecule has 1 atom stereocenters. The van der Waals surface area contributed by atoms with Gasteiger partial charge in [0.2, 0.25) is 0 Å². The number of rotatable bonds is 6. The first-order valence-corrected chi connectivity index (χ1v) is 7.42. The van der Waals surface area contributed by atoms with Gasteiger partial charge < -0.3 is 10.7 Å². The number of hydrogen-bond donors (Lipinski definition) is 2. The number of aromatic nitrogens is 6. The lowest BCUT2D eigenvalue weighted by atomic mass is 9.88. The Kier molecular flexibility index (Phi) is 3.83. The van der Waals surface area contributed by atoms with Crippen LogP contribution in [0.15, 0.2) is 12.7 Å². The van der Waals surface area contributed by atoms with Crippen molar-refractivity contribution in [1.29, 1.82) is 0 Å². The van der Waals surface area contributed by atoms with Gasteiger partial charge in [-0.25, -0.2) is 9.97 Å². The Morgan fingerprint density at radius 3 is 2.86 bits per heavy atom. The molecule has 3 heterocycles. The van der Waals surface area contributed by atoms with Crippen molar-refractivity contribution in [2.24, 2.45) is 17.6 Å². The molecule has 0 spiro atoms. The van der Waals surface area contributed by atoms with Crippen molar-refractivity contribution in [3.05, 3.63) is 18.5 Å². The smallest absolute Gasteiger partial charge is 0.189 e.